The SMILES string of the molecule is CB(O)N1CCc2cc(N)c(C#CC3CC3)cc2CC1. The van der Waals surface area contributed by atoms with Gasteiger partial charge in [0, 0.05) is 17.2 Å². The zero-order chi connectivity index (χ0) is 14.1. The molecule has 0 unspecified atom stereocenters. The molecule has 1 saturated carbocycles. The highest BCUT2D eigenvalue weighted by molar-refractivity contribution is 6.45. The number of rotatable bonds is 1. The molecular weight excluding hydrogens is 247 g/mol. The van der Waals surface area contributed by atoms with E-state index in [2.05, 4.69) is 28.8 Å². The van der Waals surface area contributed by atoms with Crippen LogP contribution in [0.5, 0.6) is 0 Å². The van der Waals surface area contributed by atoms with Crippen LogP contribution in [-0.2, 0) is 12.8 Å². The summed E-state index contributed by atoms with van der Waals surface area (Å²) < 4.78 is 0. The summed E-state index contributed by atoms with van der Waals surface area (Å²) in [7, 11) is -0.379. The van der Waals surface area contributed by atoms with Gasteiger partial charge in [0.15, 0.2) is 0 Å². The number of benzene rings is 1. The zero-order valence-corrected chi connectivity index (χ0v) is 12.0. The van der Waals surface area contributed by atoms with Gasteiger partial charge in [-0.3, -0.25) is 0 Å². The molecule has 1 aromatic carbocycles. The highest BCUT2D eigenvalue weighted by Crippen LogP contribution is 2.28. The van der Waals surface area contributed by atoms with Crippen LogP contribution in [-0.4, -0.2) is 30.0 Å². The van der Waals surface area contributed by atoms with Crippen molar-refractivity contribution in [1.82, 2.24) is 4.81 Å². The summed E-state index contributed by atoms with van der Waals surface area (Å²) in [6, 6.07) is 4.24. The maximum atomic E-state index is 9.72. The van der Waals surface area contributed by atoms with Gasteiger partial charge in [-0.2, -0.15) is 0 Å². The van der Waals surface area contributed by atoms with Gasteiger partial charge >= 0.3 is 7.05 Å². The minimum absolute atomic E-state index is 0.379. The molecular formula is C16H21BN2O. The molecule has 2 aliphatic rings. The quantitative estimate of drug-likeness (QED) is 0.461. The first kappa shape index (κ1) is 13.5. The number of nitrogens with two attached hydrogens (primary N) is 1. The number of hydrogen-bond acceptors (Lipinski definition) is 3. The molecule has 1 aliphatic carbocycles. The van der Waals surface area contributed by atoms with E-state index in [1.807, 2.05) is 6.82 Å². The molecule has 0 radical (unpaired) electrons. The van der Waals surface area contributed by atoms with E-state index in [1.165, 1.54) is 24.0 Å². The normalized spacial score (nSPS) is 18.7. The molecule has 20 heavy (non-hydrogen) atoms. The maximum absolute atomic E-state index is 9.72. The van der Waals surface area contributed by atoms with Crippen LogP contribution in [0, 0.1) is 17.8 Å². The van der Waals surface area contributed by atoms with E-state index in [1.54, 1.807) is 0 Å². The third-order valence-corrected chi connectivity index (χ3v) is 4.23. The van der Waals surface area contributed by atoms with Gasteiger partial charge in [0.2, 0.25) is 0 Å². The van der Waals surface area contributed by atoms with Crippen molar-refractivity contribution in [2.75, 3.05) is 18.8 Å². The molecule has 0 saturated heterocycles. The molecule has 4 heteroatoms. The molecule has 1 aromatic rings. The first-order valence-corrected chi connectivity index (χ1v) is 7.48. The van der Waals surface area contributed by atoms with Crippen LogP contribution in [0.2, 0.25) is 6.82 Å². The summed E-state index contributed by atoms with van der Waals surface area (Å²) in [5.41, 5.74) is 10.5. The highest BCUT2D eigenvalue weighted by Gasteiger charge is 2.21. The summed E-state index contributed by atoms with van der Waals surface area (Å²) in [4.78, 5) is 2.10. The van der Waals surface area contributed by atoms with E-state index in [-0.39, 0.29) is 7.05 Å². The Morgan fingerprint density at radius 1 is 1.25 bits per heavy atom. The maximum Gasteiger partial charge on any atom is 0.376 e. The molecule has 1 fully saturated rings. The molecule has 0 spiro atoms. The summed E-state index contributed by atoms with van der Waals surface area (Å²) in [6.07, 6.45) is 4.38. The van der Waals surface area contributed by atoms with Crippen molar-refractivity contribution < 1.29 is 5.02 Å². The van der Waals surface area contributed by atoms with Crippen molar-refractivity contribution in [2.24, 2.45) is 5.92 Å². The van der Waals surface area contributed by atoms with E-state index in [0.29, 0.717) is 5.92 Å². The lowest BCUT2D eigenvalue weighted by Gasteiger charge is -2.19. The second kappa shape index (κ2) is 5.51. The van der Waals surface area contributed by atoms with Crippen molar-refractivity contribution in [3.05, 3.63) is 28.8 Å². The third-order valence-electron chi connectivity index (χ3n) is 4.23. The van der Waals surface area contributed by atoms with Crippen LogP contribution in [0.15, 0.2) is 12.1 Å². The van der Waals surface area contributed by atoms with Crippen LogP contribution in [0.1, 0.15) is 29.5 Å². The van der Waals surface area contributed by atoms with Crippen molar-refractivity contribution >= 4 is 12.7 Å². The van der Waals surface area contributed by atoms with Gasteiger partial charge < -0.3 is 15.6 Å². The predicted molar refractivity (Wildman–Crippen MR) is 83.3 cm³/mol. The minimum atomic E-state index is -0.379. The predicted octanol–water partition coefficient (Wildman–Crippen LogP) is 1.54. The number of nitrogen functional groups attached to an aromatic ring is 1. The monoisotopic (exact) mass is 268 g/mol. The molecule has 104 valence electrons. The van der Waals surface area contributed by atoms with E-state index in [9.17, 15) is 5.02 Å². The van der Waals surface area contributed by atoms with Gasteiger partial charge in [-0.25, -0.2) is 0 Å². The number of fused-ring (bicyclic) bond motifs is 1. The Hall–Kier alpha value is -1.44. The lowest BCUT2D eigenvalue weighted by atomic mass is 9.85. The van der Waals surface area contributed by atoms with Gasteiger partial charge in [0.05, 0.1) is 0 Å². The Kier molecular flexibility index (Phi) is 3.73. The van der Waals surface area contributed by atoms with Crippen LogP contribution >= 0.6 is 0 Å². The third kappa shape index (κ3) is 3.00. The van der Waals surface area contributed by atoms with Crippen LogP contribution in [0.25, 0.3) is 0 Å². The van der Waals surface area contributed by atoms with E-state index >= 15 is 0 Å². The lowest BCUT2D eigenvalue weighted by molar-refractivity contribution is 0.379. The molecule has 3 rings (SSSR count). The molecule has 0 aromatic heterocycles. The summed E-state index contributed by atoms with van der Waals surface area (Å²) in [5.74, 6) is 7.12. The highest BCUT2D eigenvalue weighted by atomic mass is 16.2. The minimum Gasteiger partial charge on any atom is -0.437 e. The smallest absolute Gasteiger partial charge is 0.376 e. The molecule has 1 heterocycles. The van der Waals surface area contributed by atoms with Crippen molar-refractivity contribution in [2.45, 2.75) is 32.5 Å². The van der Waals surface area contributed by atoms with Gasteiger partial charge in [-0.1, -0.05) is 11.8 Å². The largest absolute Gasteiger partial charge is 0.437 e. The van der Waals surface area contributed by atoms with Gasteiger partial charge in [-0.15, -0.1) is 0 Å². The standard InChI is InChI=1S/C16H21BN2O/c1-17(20)19-8-6-13-10-15(5-4-12-2-3-12)16(18)11-14(13)7-9-19/h10-12,20H,2-3,6-9,18H2,1H3. The van der Waals surface area contributed by atoms with Gasteiger partial charge in [0.1, 0.15) is 0 Å². The Bertz CT molecular complexity index is 570. The van der Waals surface area contributed by atoms with Gasteiger partial charge in [0.25, 0.3) is 0 Å². The summed E-state index contributed by atoms with van der Waals surface area (Å²) in [5, 5.41) is 9.72. The van der Waals surface area contributed by atoms with Crippen LogP contribution in [0.4, 0.5) is 5.69 Å². The Balaban J connectivity index is 1.84. The van der Waals surface area contributed by atoms with Crippen LogP contribution < -0.4 is 5.73 Å². The second-order valence-electron chi connectivity index (χ2n) is 5.92. The Morgan fingerprint density at radius 3 is 2.50 bits per heavy atom. The molecule has 0 amide bonds. The first-order valence-electron chi connectivity index (χ1n) is 7.48. The zero-order valence-electron chi connectivity index (χ0n) is 12.0. The number of nitrogens with zero attached hydrogens (tertiary/aromatic N) is 1. The fraction of sp³-hybridized carbons (Fsp3) is 0.500. The molecule has 0 bridgehead atoms. The van der Waals surface area contributed by atoms with E-state index < -0.39 is 0 Å². The number of hydrogen-bond donors (Lipinski definition) is 2. The van der Waals surface area contributed by atoms with Crippen molar-refractivity contribution in [1.29, 1.82) is 0 Å². The average Bonchev–Trinajstić information content (AvgIpc) is 3.22. The Morgan fingerprint density at radius 2 is 1.90 bits per heavy atom. The first-order chi connectivity index (χ1) is 9.63. The van der Waals surface area contributed by atoms with Crippen molar-refractivity contribution in [3.8, 4) is 11.8 Å². The van der Waals surface area contributed by atoms with Gasteiger partial charge in [-0.05, 0) is 68.9 Å². The average molecular weight is 268 g/mol. The number of anilines is 1. The fourth-order valence-corrected chi connectivity index (χ4v) is 2.70. The van der Waals surface area contributed by atoms with E-state index in [4.69, 9.17) is 5.73 Å². The fourth-order valence-electron chi connectivity index (χ4n) is 2.70. The van der Waals surface area contributed by atoms with E-state index in [0.717, 1.165) is 37.2 Å². The molecule has 0 atom stereocenters. The molecule has 1 aliphatic heterocycles. The topological polar surface area (TPSA) is 49.5 Å². The van der Waals surface area contributed by atoms with Crippen molar-refractivity contribution in [3.63, 3.8) is 0 Å². The summed E-state index contributed by atoms with van der Waals surface area (Å²) >= 11 is 0. The summed E-state index contributed by atoms with van der Waals surface area (Å²) in [6.45, 7) is 3.61. The van der Waals surface area contributed by atoms with Crippen LogP contribution in [0.3, 0.4) is 0 Å². The Labute approximate surface area is 121 Å². The molecule has 3 nitrogen and oxygen atoms in total. The molecule has 3 N–H and O–H groups in total. The second-order valence-corrected chi connectivity index (χ2v) is 5.92. The lowest BCUT2D eigenvalue weighted by Crippen LogP contribution is -2.38.